The molecule has 2 N–H and O–H groups in total. The zero-order valence-electron chi connectivity index (χ0n) is 9.73. The van der Waals surface area contributed by atoms with Gasteiger partial charge in [-0.2, -0.15) is 0 Å². The lowest BCUT2D eigenvalue weighted by molar-refractivity contribution is -0.128. The summed E-state index contributed by atoms with van der Waals surface area (Å²) < 4.78 is 0. The van der Waals surface area contributed by atoms with Crippen LogP contribution in [0.3, 0.4) is 0 Å². The standard InChI is InChI=1S/C13H13NO3S/c15-11(16)8-2-3-10-9(6-8)14-12(17)13(7-18-10)4-1-5-13/h2-3,6H,1,4-5,7H2,(H,14,17)(H,15,16). The average Bonchev–Trinajstić information content (AvgIpc) is 2.43. The van der Waals surface area contributed by atoms with E-state index in [1.807, 2.05) is 0 Å². The van der Waals surface area contributed by atoms with Crippen LogP contribution in [0.1, 0.15) is 29.6 Å². The number of benzene rings is 1. The summed E-state index contributed by atoms with van der Waals surface area (Å²) >= 11 is 1.64. The van der Waals surface area contributed by atoms with Gasteiger partial charge in [0.1, 0.15) is 0 Å². The number of amides is 1. The minimum atomic E-state index is -0.973. The highest BCUT2D eigenvalue weighted by Crippen LogP contribution is 2.48. The van der Waals surface area contributed by atoms with Crippen LogP contribution in [0.25, 0.3) is 0 Å². The number of fused-ring (bicyclic) bond motifs is 1. The molecule has 1 amide bonds. The number of anilines is 1. The van der Waals surface area contributed by atoms with Gasteiger partial charge in [-0.1, -0.05) is 6.42 Å². The maximum absolute atomic E-state index is 12.2. The minimum absolute atomic E-state index is 0.0440. The average molecular weight is 263 g/mol. The van der Waals surface area contributed by atoms with Crippen LogP contribution in [0.2, 0.25) is 0 Å². The zero-order valence-corrected chi connectivity index (χ0v) is 10.5. The van der Waals surface area contributed by atoms with Crippen LogP contribution in [0.5, 0.6) is 0 Å². The molecular formula is C13H13NO3S. The predicted octanol–water partition coefficient (Wildman–Crippen LogP) is 2.60. The van der Waals surface area contributed by atoms with Gasteiger partial charge in [-0.25, -0.2) is 4.79 Å². The Morgan fingerprint density at radius 2 is 2.17 bits per heavy atom. The number of hydrogen-bond donors (Lipinski definition) is 2. The lowest BCUT2D eigenvalue weighted by Gasteiger charge is -2.38. The van der Waals surface area contributed by atoms with Crippen LogP contribution >= 0.6 is 11.8 Å². The normalized spacial score (nSPS) is 20.6. The molecule has 2 aliphatic rings. The van der Waals surface area contributed by atoms with E-state index < -0.39 is 5.97 Å². The van der Waals surface area contributed by atoms with Crippen molar-refractivity contribution in [2.75, 3.05) is 11.1 Å². The highest BCUT2D eigenvalue weighted by atomic mass is 32.2. The molecule has 4 nitrogen and oxygen atoms in total. The number of aromatic carboxylic acids is 1. The molecule has 1 heterocycles. The Labute approximate surface area is 109 Å². The second kappa shape index (κ2) is 4.02. The van der Waals surface area contributed by atoms with Gasteiger partial charge in [-0.3, -0.25) is 4.79 Å². The van der Waals surface area contributed by atoms with Crippen molar-refractivity contribution >= 4 is 29.3 Å². The molecule has 94 valence electrons. The Kier molecular flexibility index (Phi) is 2.59. The van der Waals surface area contributed by atoms with Gasteiger partial charge in [0, 0.05) is 10.6 Å². The van der Waals surface area contributed by atoms with E-state index in [-0.39, 0.29) is 16.9 Å². The number of rotatable bonds is 1. The summed E-state index contributed by atoms with van der Waals surface area (Å²) in [5, 5.41) is 11.9. The van der Waals surface area contributed by atoms with E-state index in [9.17, 15) is 9.59 Å². The zero-order chi connectivity index (χ0) is 12.8. The molecule has 5 heteroatoms. The molecule has 0 aromatic heterocycles. The van der Waals surface area contributed by atoms with Gasteiger partial charge in [0.2, 0.25) is 5.91 Å². The van der Waals surface area contributed by atoms with Crippen molar-refractivity contribution in [2.45, 2.75) is 24.2 Å². The van der Waals surface area contributed by atoms with Crippen molar-refractivity contribution in [3.8, 4) is 0 Å². The Morgan fingerprint density at radius 3 is 2.78 bits per heavy atom. The van der Waals surface area contributed by atoms with Crippen LogP contribution in [0.15, 0.2) is 23.1 Å². The van der Waals surface area contributed by atoms with Gasteiger partial charge in [0.25, 0.3) is 0 Å². The predicted molar refractivity (Wildman–Crippen MR) is 69.0 cm³/mol. The van der Waals surface area contributed by atoms with Crippen LogP contribution in [0.4, 0.5) is 5.69 Å². The van der Waals surface area contributed by atoms with Crippen molar-refractivity contribution in [1.29, 1.82) is 0 Å². The van der Waals surface area contributed by atoms with Crippen molar-refractivity contribution in [2.24, 2.45) is 5.41 Å². The monoisotopic (exact) mass is 263 g/mol. The fourth-order valence-corrected chi connectivity index (χ4v) is 3.68. The van der Waals surface area contributed by atoms with E-state index in [4.69, 9.17) is 5.11 Å². The third kappa shape index (κ3) is 1.70. The number of carbonyl (C=O) groups excluding carboxylic acids is 1. The summed E-state index contributed by atoms with van der Waals surface area (Å²) in [5.74, 6) is -0.139. The molecule has 1 spiro atoms. The maximum atomic E-state index is 12.2. The lowest BCUT2D eigenvalue weighted by Crippen LogP contribution is -2.43. The summed E-state index contributed by atoms with van der Waals surface area (Å²) in [7, 11) is 0. The Balaban J connectivity index is 1.96. The van der Waals surface area contributed by atoms with Gasteiger partial charge in [-0.15, -0.1) is 11.8 Å². The molecule has 3 rings (SSSR count). The molecule has 1 saturated carbocycles. The molecule has 1 aliphatic heterocycles. The second-order valence-corrected chi connectivity index (χ2v) is 5.91. The lowest BCUT2D eigenvalue weighted by atomic mass is 9.69. The molecule has 0 bridgehead atoms. The van der Waals surface area contributed by atoms with Crippen LogP contribution < -0.4 is 5.32 Å². The van der Waals surface area contributed by atoms with Crippen molar-refractivity contribution in [1.82, 2.24) is 0 Å². The van der Waals surface area contributed by atoms with Crippen LogP contribution in [-0.4, -0.2) is 22.7 Å². The highest BCUT2D eigenvalue weighted by Gasteiger charge is 2.45. The van der Waals surface area contributed by atoms with Crippen LogP contribution in [0, 0.1) is 5.41 Å². The molecule has 1 aromatic carbocycles. The Morgan fingerprint density at radius 1 is 1.39 bits per heavy atom. The first-order valence-corrected chi connectivity index (χ1v) is 6.91. The van der Waals surface area contributed by atoms with E-state index in [0.717, 1.165) is 29.9 Å². The summed E-state index contributed by atoms with van der Waals surface area (Å²) in [6, 6.07) is 4.90. The first-order valence-electron chi connectivity index (χ1n) is 5.92. The number of carboxylic acids is 1. The van der Waals surface area contributed by atoms with Gasteiger partial charge in [0.05, 0.1) is 16.7 Å². The first-order chi connectivity index (χ1) is 8.61. The fourth-order valence-electron chi connectivity index (χ4n) is 2.40. The fraction of sp³-hybridized carbons (Fsp3) is 0.385. The van der Waals surface area contributed by atoms with E-state index in [2.05, 4.69) is 5.32 Å². The maximum Gasteiger partial charge on any atom is 0.335 e. The van der Waals surface area contributed by atoms with Gasteiger partial charge in [0.15, 0.2) is 0 Å². The van der Waals surface area contributed by atoms with Crippen molar-refractivity contribution in [3.63, 3.8) is 0 Å². The SMILES string of the molecule is O=C(O)c1ccc2c(c1)NC(=O)C1(CCC1)CS2. The molecule has 0 saturated heterocycles. The third-order valence-corrected chi connectivity index (χ3v) is 5.13. The third-order valence-electron chi connectivity index (χ3n) is 3.77. The summed E-state index contributed by atoms with van der Waals surface area (Å²) in [6.45, 7) is 0. The molecule has 1 aliphatic carbocycles. The quantitative estimate of drug-likeness (QED) is 0.817. The second-order valence-electron chi connectivity index (χ2n) is 4.89. The molecule has 18 heavy (non-hydrogen) atoms. The molecule has 0 atom stereocenters. The number of thioether (sulfide) groups is 1. The molecule has 0 unspecified atom stereocenters. The minimum Gasteiger partial charge on any atom is -0.478 e. The molecule has 1 aromatic rings. The number of carboxylic acid groups (broad SMARTS) is 1. The summed E-state index contributed by atoms with van der Waals surface area (Å²) in [4.78, 5) is 24.1. The number of hydrogen-bond acceptors (Lipinski definition) is 3. The van der Waals surface area contributed by atoms with Gasteiger partial charge < -0.3 is 10.4 Å². The molecular weight excluding hydrogens is 250 g/mol. The van der Waals surface area contributed by atoms with E-state index in [0.29, 0.717) is 5.69 Å². The topological polar surface area (TPSA) is 66.4 Å². The number of nitrogens with one attached hydrogen (secondary N) is 1. The van der Waals surface area contributed by atoms with Gasteiger partial charge >= 0.3 is 5.97 Å². The molecule has 1 fully saturated rings. The van der Waals surface area contributed by atoms with Crippen molar-refractivity contribution < 1.29 is 14.7 Å². The summed E-state index contributed by atoms with van der Waals surface area (Å²) in [6.07, 6.45) is 2.97. The summed E-state index contributed by atoms with van der Waals surface area (Å²) in [5.41, 5.74) is 0.612. The van der Waals surface area contributed by atoms with Crippen LogP contribution in [-0.2, 0) is 4.79 Å². The highest BCUT2D eigenvalue weighted by molar-refractivity contribution is 7.99. The Bertz CT molecular complexity index is 537. The van der Waals surface area contributed by atoms with E-state index >= 15 is 0 Å². The largest absolute Gasteiger partial charge is 0.478 e. The number of carbonyl (C=O) groups is 2. The van der Waals surface area contributed by atoms with Crippen molar-refractivity contribution in [3.05, 3.63) is 23.8 Å². The Hall–Kier alpha value is -1.49. The smallest absolute Gasteiger partial charge is 0.335 e. The van der Waals surface area contributed by atoms with E-state index in [1.165, 1.54) is 0 Å². The molecule has 0 radical (unpaired) electrons. The van der Waals surface area contributed by atoms with E-state index in [1.54, 1.807) is 30.0 Å². The first kappa shape index (κ1) is 11.6. The van der Waals surface area contributed by atoms with Gasteiger partial charge in [-0.05, 0) is 31.0 Å².